The van der Waals surface area contributed by atoms with Crippen molar-refractivity contribution in [3.05, 3.63) is 53.1 Å². The van der Waals surface area contributed by atoms with Gasteiger partial charge in [0.05, 0.1) is 30.0 Å². The van der Waals surface area contributed by atoms with E-state index in [2.05, 4.69) is 10.4 Å². The Bertz CT molecular complexity index is 1070. The number of carbonyl (C=O) groups is 2. The van der Waals surface area contributed by atoms with Gasteiger partial charge in [0.2, 0.25) is 0 Å². The van der Waals surface area contributed by atoms with E-state index in [9.17, 15) is 24.2 Å². The molecule has 0 saturated heterocycles. The van der Waals surface area contributed by atoms with Crippen LogP contribution < -0.4 is 34.9 Å². The van der Waals surface area contributed by atoms with Crippen molar-refractivity contribution in [2.75, 3.05) is 6.54 Å². The van der Waals surface area contributed by atoms with E-state index in [4.69, 9.17) is 5.11 Å². The van der Waals surface area contributed by atoms with Crippen LogP contribution in [0.25, 0.3) is 11.8 Å². The molecule has 198 valence electrons. The van der Waals surface area contributed by atoms with E-state index in [-0.39, 0.29) is 54.9 Å². The van der Waals surface area contributed by atoms with E-state index in [0.717, 1.165) is 12.8 Å². The first kappa shape index (κ1) is 31.2. The predicted molar refractivity (Wildman–Crippen MR) is 136 cm³/mol. The van der Waals surface area contributed by atoms with Crippen molar-refractivity contribution in [1.29, 1.82) is 0 Å². The molecule has 4 N–H and O–H groups in total. The number of carbonyl (C=O) groups excluding carboxylic acids is 1. The van der Waals surface area contributed by atoms with E-state index in [1.54, 1.807) is 22.9 Å². The predicted octanol–water partition coefficient (Wildman–Crippen LogP) is 1.16. The summed E-state index contributed by atoms with van der Waals surface area (Å²) < 4.78 is 15.1. The number of carboxylic acids is 1. The van der Waals surface area contributed by atoms with E-state index in [1.165, 1.54) is 37.5 Å². The first-order valence-electron chi connectivity index (χ1n) is 12.6. The third-order valence-electron chi connectivity index (χ3n) is 6.50. The average Bonchev–Trinajstić information content (AvgIpc) is 3.21. The fraction of sp³-hybridized carbons (Fsp3) is 0.519. The van der Waals surface area contributed by atoms with Crippen LogP contribution in [-0.2, 0) is 4.79 Å². The number of nitrogens with zero attached hydrogens (tertiary/aromatic N) is 2. The van der Waals surface area contributed by atoms with Gasteiger partial charge in [0.1, 0.15) is 5.82 Å². The van der Waals surface area contributed by atoms with Gasteiger partial charge in [-0.05, 0) is 55.0 Å². The average molecular weight is 526 g/mol. The molecule has 0 radical (unpaired) electrons. The molecule has 3 rings (SSSR count). The molecule has 37 heavy (non-hydrogen) atoms. The first-order valence-corrected chi connectivity index (χ1v) is 12.6. The molecule has 1 aromatic heterocycles. The Balaban J connectivity index is 0.00000361. The number of aliphatic hydroxyl groups is 2. The molecule has 1 heterocycles. The van der Waals surface area contributed by atoms with Crippen LogP contribution in [0.3, 0.4) is 0 Å². The van der Waals surface area contributed by atoms with Crippen molar-refractivity contribution in [2.45, 2.75) is 76.9 Å². The zero-order chi connectivity index (χ0) is 26.2. The van der Waals surface area contributed by atoms with Crippen molar-refractivity contribution in [3.8, 4) is 5.69 Å². The summed E-state index contributed by atoms with van der Waals surface area (Å²) in [5, 5.41) is 36.7. The minimum Gasteiger partial charge on any atom is -1.00 e. The van der Waals surface area contributed by atoms with E-state index >= 15 is 0 Å². The van der Waals surface area contributed by atoms with Crippen LogP contribution in [-0.4, -0.2) is 55.7 Å². The molecular formula is C27H37FN3NaO5. The van der Waals surface area contributed by atoms with E-state index < -0.39 is 30.4 Å². The van der Waals surface area contributed by atoms with Crippen molar-refractivity contribution >= 4 is 18.0 Å². The second kappa shape index (κ2) is 14.8. The molecule has 10 heteroatoms. The smallest absolute Gasteiger partial charge is 1.00 e. The number of halogens is 1. The van der Waals surface area contributed by atoms with Crippen LogP contribution in [0.2, 0.25) is 0 Å². The number of aliphatic hydroxyl groups excluding tert-OH is 2. The summed E-state index contributed by atoms with van der Waals surface area (Å²) in [4.78, 5) is 24.0. The summed E-state index contributed by atoms with van der Waals surface area (Å²) in [7, 11) is 0. The summed E-state index contributed by atoms with van der Waals surface area (Å²) in [5.41, 5.74) is 2.04. The molecule has 1 aliphatic carbocycles. The van der Waals surface area contributed by atoms with Crippen LogP contribution in [0.15, 0.2) is 30.3 Å². The number of amides is 1. The first-order chi connectivity index (χ1) is 17.2. The van der Waals surface area contributed by atoms with Gasteiger partial charge in [-0.1, -0.05) is 39.2 Å². The number of hydrogen-bond donors (Lipinski definition) is 4. The molecule has 0 bridgehead atoms. The van der Waals surface area contributed by atoms with Gasteiger partial charge >= 0.3 is 35.5 Å². The number of aromatic nitrogens is 2. The summed E-state index contributed by atoms with van der Waals surface area (Å²) in [6, 6.07) is 5.72. The molecule has 8 nitrogen and oxygen atoms in total. The largest absolute Gasteiger partial charge is 1.00 e. The maximum Gasteiger partial charge on any atom is 1.00 e. The number of carboxylic acid groups (broad SMARTS) is 1. The molecule has 0 spiro atoms. The third kappa shape index (κ3) is 9.04. The summed E-state index contributed by atoms with van der Waals surface area (Å²) in [6.45, 7) is 4.47. The topological polar surface area (TPSA) is 125 Å². The van der Waals surface area contributed by atoms with Gasteiger partial charge in [-0.25, -0.2) is 9.07 Å². The van der Waals surface area contributed by atoms with Crippen molar-refractivity contribution in [3.63, 3.8) is 0 Å². The Morgan fingerprint density at radius 3 is 2.43 bits per heavy atom. The Hall–Kier alpha value is -2.04. The third-order valence-corrected chi connectivity index (χ3v) is 6.50. The van der Waals surface area contributed by atoms with Gasteiger partial charge in [-0.2, -0.15) is 5.10 Å². The molecule has 1 aliphatic rings. The minimum absolute atomic E-state index is 0. The monoisotopic (exact) mass is 525 g/mol. The maximum atomic E-state index is 13.6. The molecule has 2 aromatic rings. The fourth-order valence-electron chi connectivity index (χ4n) is 4.68. The summed E-state index contributed by atoms with van der Waals surface area (Å²) >= 11 is 0. The molecule has 0 aliphatic heterocycles. The SMILES string of the molecule is CC(C)c1c(C(=O)NCC2CCCCC2)nn(-c2ccc(F)cc2)c1C=C[C@H](O)C[C@@H](O)CC(=O)O.[H-].[Na+]. The van der Waals surface area contributed by atoms with Gasteiger partial charge in [0.15, 0.2) is 5.69 Å². The van der Waals surface area contributed by atoms with Crippen LogP contribution in [0.4, 0.5) is 4.39 Å². The van der Waals surface area contributed by atoms with Crippen molar-refractivity contribution in [1.82, 2.24) is 15.1 Å². The molecule has 1 fully saturated rings. The molecule has 2 atom stereocenters. The Morgan fingerprint density at radius 2 is 1.84 bits per heavy atom. The van der Waals surface area contributed by atoms with E-state index in [1.807, 2.05) is 13.8 Å². The van der Waals surface area contributed by atoms with Gasteiger partial charge < -0.3 is 22.1 Å². The zero-order valence-electron chi connectivity index (χ0n) is 22.9. The second-order valence-corrected chi connectivity index (χ2v) is 9.82. The minimum atomic E-state index is -1.20. The summed E-state index contributed by atoms with van der Waals surface area (Å²) in [5.74, 6) is -1.48. The number of rotatable bonds is 11. The van der Waals surface area contributed by atoms with Crippen molar-refractivity contribution < 1.29 is 60.3 Å². The molecule has 1 saturated carbocycles. The number of nitrogens with one attached hydrogen (secondary N) is 1. The zero-order valence-corrected chi connectivity index (χ0v) is 23.9. The molecule has 1 amide bonds. The maximum absolute atomic E-state index is 13.6. The Morgan fingerprint density at radius 1 is 1.19 bits per heavy atom. The van der Waals surface area contributed by atoms with Crippen LogP contribution in [0.1, 0.15) is 87.9 Å². The standard InChI is InChI=1S/C27H36FN3O5.Na.H/c1-17(2)25-23(13-12-21(32)14-22(33)15-24(34)35)31(20-10-8-19(28)9-11-20)30-26(25)27(36)29-16-18-6-4-3-5-7-18;;/h8-13,17-18,21-22,32-33H,3-7,14-16H2,1-2H3,(H,29,36)(H,34,35);;/q;+1;-1/t21-,22+;;/m0../s1. The fourth-order valence-corrected chi connectivity index (χ4v) is 4.68. The molecule has 0 unspecified atom stereocenters. The Labute approximate surface area is 240 Å². The molecule has 1 aromatic carbocycles. The Kier molecular flexibility index (Phi) is 12.5. The van der Waals surface area contributed by atoms with Crippen LogP contribution in [0, 0.1) is 11.7 Å². The van der Waals surface area contributed by atoms with Gasteiger partial charge in [0, 0.05) is 18.5 Å². The van der Waals surface area contributed by atoms with Gasteiger partial charge in [-0.15, -0.1) is 0 Å². The molecular weight excluding hydrogens is 488 g/mol. The van der Waals surface area contributed by atoms with Crippen LogP contribution >= 0.6 is 0 Å². The summed E-state index contributed by atoms with van der Waals surface area (Å²) in [6.07, 6.45) is 5.90. The number of hydrogen-bond acceptors (Lipinski definition) is 5. The van der Waals surface area contributed by atoms with Gasteiger partial charge in [-0.3, -0.25) is 9.59 Å². The number of aliphatic carboxylic acids is 1. The van der Waals surface area contributed by atoms with E-state index in [0.29, 0.717) is 29.4 Å². The quantitative estimate of drug-likeness (QED) is 0.327. The van der Waals surface area contributed by atoms with Crippen molar-refractivity contribution in [2.24, 2.45) is 5.92 Å². The number of benzene rings is 1. The van der Waals surface area contributed by atoms with Gasteiger partial charge in [0.25, 0.3) is 5.91 Å². The van der Waals surface area contributed by atoms with Crippen LogP contribution in [0.5, 0.6) is 0 Å². The second-order valence-electron chi connectivity index (χ2n) is 9.82. The normalized spacial score (nSPS) is 15.9.